The van der Waals surface area contributed by atoms with Gasteiger partial charge in [0.05, 0.1) is 6.10 Å². The number of benzene rings is 1. The van der Waals surface area contributed by atoms with Crippen molar-refractivity contribution in [3.05, 3.63) is 29.8 Å². The molecule has 0 aromatic heterocycles. The van der Waals surface area contributed by atoms with Crippen molar-refractivity contribution in [1.82, 2.24) is 5.32 Å². The summed E-state index contributed by atoms with van der Waals surface area (Å²) in [6, 6.07) is 7.50. The van der Waals surface area contributed by atoms with Gasteiger partial charge in [-0.3, -0.25) is 4.79 Å². The second kappa shape index (κ2) is 6.12. The zero-order valence-electron chi connectivity index (χ0n) is 9.56. The third-order valence-corrected chi connectivity index (χ3v) is 1.95. The Morgan fingerprint density at radius 1 is 1.56 bits per heavy atom. The Morgan fingerprint density at radius 2 is 2.31 bits per heavy atom. The lowest BCUT2D eigenvalue weighted by molar-refractivity contribution is -0.123. The number of hydrogen-bond acceptors (Lipinski definition) is 3. The van der Waals surface area contributed by atoms with Crippen LogP contribution >= 0.6 is 0 Å². The van der Waals surface area contributed by atoms with Crippen molar-refractivity contribution >= 4 is 5.91 Å². The lowest BCUT2D eigenvalue weighted by atomic mass is 10.2. The van der Waals surface area contributed by atoms with Gasteiger partial charge in [-0.15, -0.1) is 0 Å². The van der Waals surface area contributed by atoms with Gasteiger partial charge in [0.1, 0.15) is 5.75 Å². The summed E-state index contributed by atoms with van der Waals surface area (Å²) < 4.78 is 5.29. The van der Waals surface area contributed by atoms with Gasteiger partial charge in [0, 0.05) is 6.54 Å². The molecule has 0 saturated carbocycles. The molecule has 0 aliphatic heterocycles. The van der Waals surface area contributed by atoms with Crippen molar-refractivity contribution in [3.63, 3.8) is 0 Å². The minimum atomic E-state index is -0.539. The van der Waals surface area contributed by atoms with Crippen molar-refractivity contribution < 1.29 is 14.6 Å². The van der Waals surface area contributed by atoms with Crippen LogP contribution in [-0.2, 0) is 4.79 Å². The van der Waals surface area contributed by atoms with Crippen molar-refractivity contribution in [2.45, 2.75) is 20.0 Å². The Labute approximate surface area is 95.2 Å². The van der Waals surface area contributed by atoms with E-state index in [1.807, 2.05) is 25.1 Å². The molecular formula is C12H17NO3. The van der Waals surface area contributed by atoms with Crippen molar-refractivity contribution in [2.75, 3.05) is 13.2 Å². The molecule has 4 heteroatoms. The highest BCUT2D eigenvalue weighted by Gasteiger charge is 2.03. The van der Waals surface area contributed by atoms with Crippen LogP contribution in [0.2, 0.25) is 0 Å². The summed E-state index contributed by atoms with van der Waals surface area (Å²) >= 11 is 0. The van der Waals surface area contributed by atoms with Crippen LogP contribution in [-0.4, -0.2) is 30.3 Å². The van der Waals surface area contributed by atoms with Crippen LogP contribution in [0.1, 0.15) is 12.5 Å². The number of aliphatic hydroxyl groups is 1. The molecule has 4 nitrogen and oxygen atoms in total. The highest BCUT2D eigenvalue weighted by atomic mass is 16.5. The Hall–Kier alpha value is -1.55. The monoisotopic (exact) mass is 223 g/mol. The summed E-state index contributed by atoms with van der Waals surface area (Å²) in [6.45, 7) is 3.79. The molecule has 88 valence electrons. The summed E-state index contributed by atoms with van der Waals surface area (Å²) in [4.78, 5) is 11.3. The van der Waals surface area contributed by atoms with Gasteiger partial charge in [-0.05, 0) is 31.5 Å². The molecule has 0 heterocycles. The maximum Gasteiger partial charge on any atom is 0.258 e. The molecule has 1 unspecified atom stereocenters. The minimum absolute atomic E-state index is 0.0316. The first kappa shape index (κ1) is 12.5. The average molecular weight is 223 g/mol. The molecule has 0 radical (unpaired) electrons. The standard InChI is InChI=1S/C12H17NO3/c1-9-4-3-5-11(6-9)16-8-12(15)13-7-10(2)14/h3-6,10,14H,7-8H2,1-2H3,(H,13,15). The molecule has 16 heavy (non-hydrogen) atoms. The van der Waals surface area contributed by atoms with E-state index in [-0.39, 0.29) is 19.1 Å². The van der Waals surface area contributed by atoms with Crippen LogP contribution in [0.25, 0.3) is 0 Å². The van der Waals surface area contributed by atoms with Crippen LogP contribution in [0.15, 0.2) is 24.3 Å². The number of ether oxygens (including phenoxy) is 1. The molecule has 1 aromatic carbocycles. The third kappa shape index (κ3) is 4.79. The van der Waals surface area contributed by atoms with Crippen LogP contribution in [0.5, 0.6) is 5.75 Å². The van der Waals surface area contributed by atoms with Gasteiger partial charge < -0.3 is 15.2 Å². The highest BCUT2D eigenvalue weighted by molar-refractivity contribution is 5.77. The molecule has 0 saturated heterocycles. The number of carbonyl (C=O) groups excluding carboxylic acids is 1. The first-order valence-electron chi connectivity index (χ1n) is 5.22. The average Bonchev–Trinajstić information content (AvgIpc) is 2.23. The van der Waals surface area contributed by atoms with Gasteiger partial charge in [-0.25, -0.2) is 0 Å². The molecule has 1 aromatic rings. The van der Waals surface area contributed by atoms with E-state index in [1.165, 1.54) is 0 Å². The third-order valence-electron chi connectivity index (χ3n) is 1.95. The van der Waals surface area contributed by atoms with Crippen LogP contribution in [0, 0.1) is 6.92 Å². The largest absolute Gasteiger partial charge is 0.484 e. The smallest absolute Gasteiger partial charge is 0.258 e. The lowest BCUT2D eigenvalue weighted by Gasteiger charge is -2.08. The van der Waals surface area contributed by atoms with E-state index in [0.29, 0.717) is 5.75 Å². The number of aryl methyl sites for hydroxylation is 1. The van der Waals surface area contributed by atoms with Crippen molar-refractivity contribution in [2.24, 2.45) is 0 Å². The summed E-state index contributed by atoms with van der Waals surface area (Å²) in [7, 11) is 0. The van der Waals surface area contributed by atoms with Gasteiger partial charge in [-0.1, -0.05) is 12.1 Å². The minimum Gasteiger partial charge on any atom is -0.484 e. The molecule has 1 atom stereocenters. The fourth-order valence-corrected chi connectivity index (χ4v) is 1.17. The molecule has 0 aliphatic carbocycles. The first-order chi connectivity index (χ1) is 7.58. The molecule has 0 bridgehead atoms. The fourth-order valence-electron chi connectivity index (χ4n) is 1.17. The van der Waals surface area contributed by atoms with E-state index < -0.39 is 6.10 Å². The number of carbonyl (C=O) groups is 1. The van der Waals surface area contributed by atoms with Crippen LogP contribution < -0.4 is 10.1 Å². The molecule has 1 rings (SSSR count). The van der Waals surface area contributed by atoms with E-state index in [0.717, 1.165) is 5.56 Å². The second-order valence-corrected chi connectivity index (χ2v) is 3.76. The van der Waals surface area contributed by atoms with Gasteiger partial charge in [0.2, 0.25) is 0 Å². The van der Waals surface area contributed by atoms with E-state index in [4.69, 9.17) is 9.84 Å². The fraction of sp³-hybridized carbons (Fsp3) is 0.417. The number of hydrogen-bond donors (Lipinski definition) is 2. The van der Waals surface area contributed by atoms with Crippen molar-refractivity contribution in [1.29, 1.82) is 0 Å². The lowest BCUT2D eigenvalue weighted by Crippen LogP contribution is -2.34. The maximum absolute atomic E-state index is 11.3. The zero-order valence-corrected chi connectivity index (χ0v) is 9.56. The van der Waals surface area contributed by atoms with Gasteiger partial charge >= 0.3 is 0 Å². The van der Waals surface area contributed by atoms with E-state index in [9.17, 15) is 4.79 Å². The first-order valence-corrected chi connectivity index (χ1v) is 5.22. The highest BCUT2D eigenvalue weighted by Crippen LogP contribution is 2.11. The number of aliphatic hydroxyl groups excluding tert-OH is 1. The Kier molecular flexibility index (Phi) is 4.79. The predicted molar refractivity (Wildman–Crippen MR) is 61.4 cm³/mol. The molecule has 0 aliphatic rings. The molecule has 2 N–H and O–H groups in total. The Balaban J connectivity index is 2.31. The van der Waals surface area contributed by atoms with Crippen LogP contribution in [0.3, 0.4) is 0 Å². The summed E-state index contributed by atoms with van der Waals surface area (Å²) in [5.41, 5.74) is 1.09. The van der Waals surface area contributed by atoms with Gasteiger partial charge in [-0.2, -0.15) is 0 Å². The normalized spacial score (nSPS) is 11.9. The summed E-state index contributed by atoms with van der Waals surface area (Å²) in [5.74, 6) is 0.439. The SMILES string of the molecule is Cc1cccc(OCC(=O)NCC(C)O)c1. The second-order valence-electron chi connectivity index (χ2n) is 3.76. The summed E-state index contributed by atoms with van der Waals surface area (Å²) in [5, 5.41) is 11.5. The quantitative estimate of drug-likeness (QED) is 0.778. The zero-order chi connectivity index (χ0) is 12.0. The predicted octanol–water partition coefficient (Wildman–Crippen LogP) is 0.871. The summed E-state index contributed by atoms with van der Waals surface area (Å²) in [6.07, 6.45) is -0.539. The van der Waals surface area contributed by atoms with Gasteiger partial charge in [0.25, 0.3) is 5.91 Å². The van der Waals surface area contributed by atoms with E-state index in [2.05, 4.69) is 5.32 Å². The molecule has 1 amide bonds. The Morgan fingerprint density at radius 3 is 2.94 bits per heavy atom. The van der Waals surface area contributed by atoms with E-state index in [1.54, 1.807) is 13.0 Å². The number of rotatable bonds is 5. The topological polar surface area (TPSA) is 58.6 Å². The van der Waals surface area contributed by atoms with E-state index >= 15 is 0 Å². The molecule has 0 spiro atoms. The number of nitrogens with one attached hydrogen (secondary N) is 1. The maximum atomic E-state index is 11.3. The molecular weight excluding hydrogens is 206 g/mol. The number of amides is 1. The van der Waals surface area contributed by atoms with Crippen molar-refractivity contribution in [3.8, 4) is 5.75 Å². The molecule has 0 fully saturated rings. The van der Waals surface area contributed by atoms with Crippen LogP contribution in [0.4, 0.5) is 0 Å². The Bertz CT molecular complexity index is 350. The van der Waals surface area contributed by atoms with Gasteiger partial charge in [0.15, 0.2) is 6.61 Å².